The van der Waals surface area contributed by atoms with E-state index in [9.17, 15) is 18.0 Å². The number of halogens is 3. The molecule has 2 aromatic heterocycles. The van der Waals surface area contributed by atoms with Crippen LogP contribution in [-0.2, 0) is 24.4 Å². The number of nitrogens with zero attached hydrogens (tertiary/aromatic N) is 4. The van der Waals surface area contributed by atoms with E-state index in [0.717, 1.165) is 34.0 Å². The maximum atomic E-state index is 12.7. The van der Waals surface area contributed by atoms with E-state index in [4.69, 9.17) is 0 Å². The van der Waals surface area contributed by atoms with Gasteiger partial charge < -0.3 is 9.88 Å². The molecule has 148 valence electrons. The van der Waals surface area contributed by atoms with Crippen molar-refractivity contribution in [2.24, 2.45) is 7.05 Å². The van der Waals surface area contributed by atoms with E-state index in [1.165, 1.54) is 23.9 Å². The van der Waals surface area contributed by atoms with Crippen LogP contribution in [0.25, 0.3) is 11.3 Å². The predicted octanol–water partition coefficient (Wildman–Crippen LogP) is 4.25. The minimum atomic E-state index is -4.59. The molecule has 1 N–H and O–H groups in total. The van der Waals surface area contributed by atoms with E-state index < -0.39 is 12.0 Å². The highest BCUT2D eigenvalue weighted by molar-refractivity contribution is 7.99. The maximum absolute atomic E-state index is 12.7. The van der Waals surface area contributed by atoms with E-state index in [2.05, 4.69) is 27.4 Å². The fourth-order valence-corrected chi connectivity index (χ4v) is 3.79. The van der Waals surface area contributed by atoms with E-state index in [-0.39, 0.29) is 16.8 Å². The Bertz CT molecular complexity index is 966. The molecule has 3 rings (SSSR count). The first kappa shape index (κ1) is 20.3. The summed E-state index contributed by atoms with van der Waals surface area (Å²) < 4.78 is 39.0. The second-order valence-corrected chi connectivity index (χ2v) is 7.59. The van der Waals surface area contributed by atoms with Crippen LogP contribution < -0.4 is 5.32 Å². The lowest BCUT2D eigenvalue weighted by Gasteiger charge is -2.06. The van der Waals surface area contributed by atoms with Crippen molar-refractivity contribution < 1.29 is 18.0 Å². The fraction of sp³-hybridized carbons (Fsp3) is 0.294. The number of thiazole rings is 1. The third-order valence-corrected chi connectivity index (χ3v) is 5.61. The Morgan fingerprint density at radius 3 is 2.57 bits per heavy atom. The second-order valence-electron chi connectivity index (χ2n) is 5.79. The standard InChI is InChI=1S/C17H16F3N5OS2/c1-3-10-4-6-11(7-5-10)12-8-27-15(21-12)22-13(26)9-28-16-24-23-14(25(16)2)17(18,19)20/h4-8H,3,9H2,1-2H3,(H,21,22,26). The molecule has 0 bridgehead atoms. The lowest BCUT2D eigenvalue weighted by Crippen LogP contribution is -2.15. The van der Waals surface area contributed by atoms with Crippen LogP contribution in [0.15, 0.2) is 34.8 Å². The van der Waals surface area contributed by atoms with Crippen LogP contribution in [0.1, 0.15) is 18.3 Å². The number of nitrogens with one attached hydrogen (secondary N) is 1. The molecule has 0 saturated heterocycles. The summed E-state index contributed by atoms with van der Waals surface area (Å²) in [6.45, 7) is 2.08. The SMILES string of the molecule is CCc1ccc(-c2csc(NC(=O)CSc3nnc(C(F)(F)F)n3C)n2)cc1. The highest BCUT2D eigenvalue weighted by atomic mass is 32.2. The van der Waals surface area contributed by atoms with Crippen LogP contribution in [0.2, 0.25) is 0 Å². The summed E-state index contributed by atoms with van der Waals surface area (Å²) in [5.41, 5.74) is 2.92. The van der Waals surface area contributed by atoms with Gasteiger partial charge in [0.25, 0.3) is 0 Å². The molecule has 0 aliphatic carbocycles. The molecule has 0 saturated carbocycles. The van der Waals surface area contributed by atoms with Crippen molar-refractivity contribution in [3.05, 3.63) is 41.0 Å². The van der Waals surface area contributed by atoms with Gasteiger partial charge in [-0.05, 0) is 12.0 Å². The molecule has 2 heterocycles. The van der Waals surface area contributed by atoms with Gasteiger partial charge in [-0.25, -0.2) is 4.98 Å². The lowest BCUT2D eigenvalue weighted by molar-refractivity contribution is -0.147. The Hall–Kier alpha value is -2.40. The molecule has 1 aromatic carbocycles. The molecule has 0 unspecified atom stereocenters. The maximum Gasteiger partial charge on any atom is 0.451 e. The summed E-state index contributed by atoms with van der Waals surface area (Å²) in [6, 6.07) is 8.00. The molecule has 0 radical (unpaired) electrons. The average Bonchev–Trinajstić information content (AvgIpc) is 3.26. The molecule has 11 heteroatoms. The first-order chi connectivity index (χ1) is 13.3. The molecule has 6 nitrogen and oxygen atoms in total. The molecule has 3 aromatic rings. The summed E-state index contributed by atoms with van der Waals surface area (Å²) in [5, 5.41) is 11.5. The number of rotatable bonds is 6. The molecule has 0 aliphatic rings. The van der Waals surface area contributed by atoms with Crippen LogP contribution in [0.4, 0.5) is 18.3 Å². The highest BCUT2D eigenvalue weighted by Crippen LogP contribution is 2.30. The number of alkyl halides is 3. The molecule has 0 atom stereocenters. The second kappa shape index (κ2) is 8.31. The first-order valence-corrected chi connectivity index (χ1v) is 10.1. The van der Waals surface area contributed by atoms with Gasteiger partial charge in [0.05, 0.1) is 11.4 Å². The van der Waals surface area contributed by atoms with Gasteiger partial charge in [-0.1, -0.05) is 43.0 Å². The Kier molecular flexibility index (Phi) is 6.04. The fourth-order valence-electron chi connectivity index (χ4n) is 2.35. The van der Waals surface area contributed by atoms with Crippen molar-refractivity contribution in [3.8, 4) is 11.3 Å². The van der Waals surface area contributed by atoms with Crippen LogP contribution in [-0.4, -0.2) is 31.4 Å². The molecular weight excluding hydrogens is 411 g/mol. The number of benzene rings is 1. The van der Waals surface area contributed by atoms with Crippen molar-refractivity contribution >= 4 is 34.1 Å². The number of anilines is 1. The first-order valence-electron chi connectivity index (χ1n) is 8.22. The zero-order chi connectivity index (χ0) is 20.3. The highest BCUT2D eigenvalue weighted by Gasteiger charge is 2.37. The number of aromatic nitrogens is 4. The summed E-state index contributed by atoms with van der Waals surface area (Å²) in [7, 11) is 1.21. The Morgan fingerprint density at radius 2 is 1.96 bits per heavy atom. The van der Waals surface area contributed by atoms with Gasteiger partial charge in [-0.3, -0.25) is 4.79 Å². The largest absolute Gasteiger partial charge is 0.451 e. The number of carbonyl (C=O) groups is 1. The number of hydrogen-bond donors (Lipinski definition) is 1. The molecule has 28 heavy (non-hydrogen) atoms. The van der Waals surface area contributed by atoms with E-state index in [1.807, 2.05) is 29.6 Å². The van der Waals surface area contributed by atoms with Crippen LogP contribution in [0, 0.1) is 0 Å². The van der Waals surface area contributed by atoms with Gasteiger partial charge in [0.15, 0.2) is 10.3 Å². The third-order valence-electron chi connectivity index (χ3n) is 3.83. The Morgan fingerprint density at radius 1 is 1.25 bits per heavy atom. The number of aryl methyl sites for hydroxylation is 1. The third kappa shape index (κ3) is 4.71. The smallest absolute Gasteiger partial charge is 0.302 e. The molecule has 1 amide bonds. The van der Waals surface area contributed by atoms with Gasteiger partial charge >= 0.3 is 6.18 Å². The van der Waals surface area contributed by atoms with Crippen LogP contribution >= 0.6 is 23.1 Å². The minimum absolute atomic E-state index is 0.0123. The number of carbonyl (C=O) groups excluding carboxylic acids is 1. The van der Waals surface area contributed by atoms with Gasteiger partial charge in [-0.2, -0.15) is 13.2 Å². The number of thioether (sulfide) groups is 1. The molecule has 0 fully saturated rings. The molecule has 0 spiro atoms. The summed E-state index contributed by atoms with van der Waals surface area (Å²) >= 11 is 2.15. The monoisotopic (exact) mass is 427 g/mol. The normalized spacial score (nSPS) is 11.6. The van der Waals surface area contributed by atoms with Gasteiger partial charge in [-0.15, -0.1) is 21.5 Å². The van der Waals surface area contributed by atoms with E-state index >= 15 is 0 Å². The van der Waals surface area contributed by atoms with Gasteiger partial charge in [0.2, 0.25) is 11.7 Å². The van der Waals surface area contributed by atoms with Gasteiger partial charge in [0, 0.05) is 18.0 Å². The zero-order valence-corrected chi connectivity index (χ0v) is 16.6. The van der Waals surface area contributed by atoms with Crippen LogP contribution in [0.3, 0.4) is 0 Å². The summed E-state index contributed by atoms with van der Waals surface area (Å²) in [5.74, 6) is -1.60. The topological polar surface area (TPSA) is 72.7 Å². The van der Waals surface area contributed by atoms with Crippen molar-refractivity contribution in [2.75, 3.05) is 11.1 Å². The summed E-state index contributed by atoms with van der Waals surface area (Å²) in [4.78, 5) is 16.5. The van der Waals surface area contributed by atoms with Crippen molar-refractivity contribution in [2.45, 2.75) is 24.7 Å². The van der Waals surface area contributed by atoms with Crippen molar-refractivity contribution in [1.82, 2.24) is 19.7 Å². The zero-order valence-electron chi connectivity index (χ0n) is 14.9. The number of hydrogen-bond acceptors (Lipinski definition) is 6. The predicted molar refractivity (Wildman–Crippen MR) is 102 cm³/mol. The molecule has 0 aliphatic heterocycles. The number of amides is 1. The average molecular weight is 427 g/mol. The summed E-state index contributed by atoms with van der Waals surface area (Å²) in [6.07, 6.45) is -3.64. The van der Waals surface area contributed by atoms with Gasteiger partial charge in [0.1, 0.15) is 0 Å². The quantitative estimate of drug-likeness (QED) is 0.596. The Balaban J connectivity index is 1.58. The van der Waals surface area contributed by atoms with Crippen LogP contribution in [0.5, 0.6) is 0 Å². The Labute approximate surface area is 167 Å². The van der Waals surface area contributed by atoms with E-state index in [1.54, 1.807) is 0 Å². The lowest BCUT2D eigenvalue weighted by atomic mass is 10.1. The van der Waals surface area contributed by atoms with Crippen molar-refractivity contribution in [3.63, 3.8) is 0 Å². The van der Waals surface area contributed by atoms with E-state index in [0.29, 0.717) is 5.13 Å². The minimum Gasteiger partial charge on any atom is -0.302 e. The van der Waals surface area contributed by atoms with Crippen molar-refractivity contribution in [1.29, 1.82) is 0 Å². The molecular formula is C17H16F3N5OS2.